The van der Waals surface area contributed by atoms with Gasteiger partial charge in [-0.2, -0.15) is 0 Å². The van der Waals surface area contributed by atoms with E-state index in [2.05, 4.69) is 34.4 Å². The number of hydrogen-bond acceptors (Lipinski definition) is 8. The molecule has 0 saturated carbocycles. The van der Waals surface area contributed by atoms with Crippen LogP contribution in [0.5, 0.6) is 0 Å². The van der Waals surface area contributed by atoms with Crippen LogP contribution in [-0.2, 0) is 14.9 Å². The van der Waals surface area contributed by atoms with Crippen LogP contribution < -0.4 is 15.5 Å². The lowest BCUT2D eigenvalue weighted by atomic mass is 9.82. The lowest BCUT2D eigenvalue weighted by Crippen LogP contribution is -2.45. The molecule has 2 aromatic heterocycles. The topological polar surface area (TPSA) is 117 Å². The molecule has 202 valence electrons. The maximum absolute atomic E-state index is 12.7. The maximum Gasteiger partial charge on any atom is 0.251 e. The molecule has 3 N–H and O–H groups in total. The molecule has 4 rings (SSSR count). The number of aliphatic hydroxyl groups is 1. The molecular formula is C28H35N5O4S. The van der Waals surface area contributed by atoms with Crippen molar-refractivity contribution in [2.24, 2.45) is 0 Å². The van der Waals surface area contributed by atoms with E-state index < -0.39 is 5.41 Å². The maximum atomic E-state index is 12.7. The summed E-state index contributed by atoms with van der Waals surface area (Å²) < 4.78 is 5.82. The number of thiazole rings is 1. The molecule has 1 aliphatic rings. The minimum absolute atomic E-state index is 0.0391. The number of nitrogens with one attached hydrogen (secondary N) is 2. The van der Waals surface area contributed by atoms with Crippen LogP contribution in [0.15, 0.2) is 41.8 Å². The second kappa shape index (κ2) is 11.6. The fraction of sp³-hybridized carbons (Fsp3) is 0.429. The van der Waals surface area contributed by atoms with E-state index in [-0.39, 0.29) is 37.2 Å². The largest absolute Gasteiger partial charge is 0.395 e. The highest BCUT2D eigenvalue weighted by Gasteiger charge is 2.24. The first-order valence-corrected chi connectivity index (χ1v) is 13.6. The Hall–Kier alpha value is -3.34. The summed E-state index contributed by atoms with van der Waals surface area (Å²) in [6.45, 7) is 11.2. The fourth-order valence-electron chi connectivity index (χ4n) is 4.56. The molecule has 0 bridgehead atoms. The quantitative estimate of drug-likeness (QED) is 0.401. The summed E-state index contributed by atoms with van der Waals surface area (Å²) in [5, 5.41) is 17.4. The van der Waals surface area contributed by atoms with Crippen LogP contribution in [0, 0.1) is 6.92 Å². The summed E-state index contributed by atoms with van der Waals surface area (Å²) in [6.07, 6.45) is 0.262. The highest BCUT2D eigenvalue weighted by molar-refractivity contribution is 7.14. The number of carbonyl (C=O) groups excluding carboxylic acids is 2. The van der Waals surface area contributed by atoms with Crippen molar-refractivity contribution in [2.75, 3.05) is 36.5 Å². The van der Waals surface area contributed by atoms with Gasteiger partial charge >= 0.3 is 0 Å². The highest BCUT2D eigenvalue weighted by Crippen LogP contribution is 2.28. The van der Waals surface area contributed by atoms with Gasteiger partial charge in [0.2, 0.25) is 5.91 Å². The third kappa shape index (κ3) is 6.56. The molecule has 3 aromatic rings. The summed E-state index contributed by atoms with van der Waals surface area (Å²) in [7, 11) is 0. The van der Waals surface area contributed by atoms with Crippen LogP contribution in [-0.4, -0.2) is 65.3 Å². The van der Waals surface area contributed by atoms with Crippen molar-refractivity contribution in [3.05, 3.63) is 58.5 Å². The fourth-order valence-corrected chi connectivity index (χ4v) is 5.28. The number of anilines is 2. The molecule has 0 spiro atoms. The monoisotopic (exact) mass is 537 g/mol. The molecule has 2 atom stereocenters. The summed E-state index contributed by atoms with van der Waals surface area (Å²) in [4.78, 5) is 36.7. The Morgan fingerprint density at radius 2 is 1.87 bits per heavy atom. The number of pyridine rings is 1. The van der Waals surface area contributed by atoms with Gasteiger partial charge in [0.15, 0.2) is 5.13 Å². The van der Waals surface area contributed by atoms with Crippen LogP contribution in [0.1, 0.15) is 49.2 Å². The van der Waals surface area contributed by atoms with Crippen LogP contribution in [0.4, 0.5) is 10.9 Å². The number of nitrogens with zero attached hydrogens (tertiary/aromatic N) is 3. The number of ether oxygens (including phenoxy) is 1. The van der Waals surface area contributed by atoms with E-state index >= 15 is 0 Å². The lowest BCUT2D eigenvalue weighted by molar-refractivity contribution is -0.115. The number of hydrogen-bond donors (Lipinski definition) is 3. The van der Waals surface area contributed by atoms with Crippen molar-refractivity contribution in [2.45, 2.75) is 52.2 Å². The number of morpholine rings is 1. The van der Waals surface area contributed by atoms with Gasteiger partial charge in [-0.15, -0.1) is 11.3 Å². The number of aromatic nitrogens is 2. The standard InChI is InChI=1S/C28H35N5O4S/c1-17-9-10-20(11-21(17)28(4,5)16-34)26(36)29-12-25(35)32-27-31-23(15-38-27)22-7-6-8-24(30-22)33-13-18(2)37-19(3)14-33/h6-11,15,18-19,34H,12-14,16H2,1-5H3,(H,29,36)(H,31,32,35)/t18-,19+. The molecule has 3 heterocycles. The summed E-state index contributed by atoms with van der Waals surface area (Å²) in [5.74, 6) is 0.135. The second-order valence-electron chi connectivity index (χ2n) is 10.4. The Balaban J connectivity index is 1.36. The number of benzene rings is 1. The molecule has 0 radical (unpaired) electrons. The predicted molar refractivity (Wildman–Crippen MR) is 150 cm³/mol. The van der Waals surface area contributed by atoms with Gasteiger partial charge in [0, 0.05) is 29.4 Å². The lowest BCUT2D eigenvalue weighted by Gasteiger charge is -2.36. The number of rotatable bonds is 8. The molecule has 1 aliphatic heterocycles. The average molecular weight is 538 g/mol. The zero-order valence-corrected chi connectivity index (χ0v) is 23.3. The first-order valence-electron chi connectivity index (χ1n) is 12.7. The van der Waals surface area contributed by atoms with Crippen molar-refractivity contribution in [1.29, 1.82) is 0 Å². The van der Waals surface area contributed by atoms with E-state index in [1.807, 2.05) is 50.4 Å². The van der Waals surface area contributed by atoms with E-state index in [1.165, 1.54) is 11.3 Å². The molecule has 0 unspecified atom stereocenters. The number of aliphatic hydroxyl groups excluding tert-OH is 1. The predicted octanol–water partition coefficient (Wildman–Crippen LogP) is 3.77. The van der Waals surface area contributed by atoms with Crippen LogP contribution in [0.2, 0.25) is 0 Å². The Morgan fingerprint density at radius 3 is 2.58 bits per heavy atom. The second-order valence-corrected chi connectivity index (χ2v) is 11.2. The first kappa shape index (κ1) is 27.7. The van der Waals surface area contributed by atoms with Gasteiger partial charge in [0.1, 0.15) is 11.5 Å². The Kier molecular flexibility index (Phi) is 8.44. The molecule has 2 amide bonds. The SMILES string of the molecule is Cc1ccc(C(=O)NCC(=O)Nc2nc(-c3cccc(N4C[C@@H](C)O[C@@H](C)C4)n3)cs2)cc1C(C)(C)CO. The van der Waals surface area contributed by atoms with Crippen molar-refractivity contribution in [1.82, 2.24) is 15.3 Å². The van der Waals surface area contributed by atoms with Gasteiger partial charge in [-0.25, -0.2) is 9.97 Å². The minimum Gasteiger partial charge on any atom is -0.395 e. The van der Waals surface area contributed by atoms with Crippen molar-refractivity contribution >= 4 is 34.1 Å². The number of aryl methyl sites for hydroxylation is 1. The van der Waals surface area contributed by atoms with Gasteiger partial charge in [-0.05, 0) is 56.2 Å². The van der Waals surface area contributed by atoms with Crippen LogP contribution in [0.25, 0.3) is 11.4 Å². The molecular weight excluding hydrogens is 502 g/mol. The van der Waals surface area contributed by atoms with Gasteiger partial charge in [-0.3, -0.25) is 9.59 Å². The van der Waals surface area contributed by atoms with Crippen LogP contribution >= 0.6 is 11.3 Å². The molecule has 0 aliphatic carbocycles. The summed E-state index contributed by atoms with van der Waals surface area (Å²) in [5.41, 5.74) is 3.24. The zero-order valence-electron chi connectivity index (χ0n) is 22.4. The normalized spacial score (nSPS) is 17.8. The highest BCUT2D eigenvalue weighted by atomic mass is 32.1. The first-order chi connectivity index (χ1) is 18.1. The number of carbonyl (C=O) groups is 2. The van der Waals surface area contributed by atoms with Gasteiger partial charge in [-0.1, -0.05) is 26.0 Å². The van der Waals surface area contributed by atoms with E-state index in [1.54, 1.807) is 12.1 Å². The van der Waals surface area contributed by atoms with E-state index in [0.29, 0.717) is 16.4 Å². The molecule has 9 nitrogen and oxygen atoms in total. The Morgan fingerprint density at radius 1 is 1.13 bits per heavy atom. The third-order valence-corrected chi connectivity index (χ3v) is 7.28. The summed E-state index contributed by atoms with van der Waals surface area (Å²) >= 11 is 1.30. The Bertz CT molecular complexity index is 1300. The number of amides is 2. The average Bonchev–Trinajstić information content (AvgIpc) is 3.35. The Labute approximate surface area is 227 Å². The minimum atomic E-state index is -0.478. The molecule has 1 fully saturated rings. The van der Waals surface area contributed by atoms with Gasteiger partial charge in [0.05, 0.1) is 31.1 Å². The van der Waals surface area contributed by atoms with E-state index in [9.17, 15) is 14.7 Å². The molecule has 38 heavy (non-hydrogen) atoms. The van der Waals surface area contributed by atoms with Crippen molar-refractivity contribution in [3.63, 3.8) is 0 Å². The summed E-state index contributed by atoms with van der Waals surface area (Å²) in [6, 6.07) is 11.2. The van der Waals surface area contributed by atoms with Gasteiger partial charge < -0.3 is 25.4 Å². The van der Waals surface area contributed by atoms with E-state index in [0.717, 1.165) is 35.7 Å². The van der Waals surface area contributed by atoms with Gasteiger partial charge in [0.25, 0.3) is 5.91 Å². The smallest absolute Gasteiger partial charge is 0.251 e. The molecule has 1 aromatic carbocycles. The zero-order chi connectivity index (χ0) is 27.4. The van der Waals surface area contributed by atoms with Crippen LogP contribution in [0.3, 0.4) is 0 Å². The van der Waals surface area contributed by atoms with Crippen molar-refractivity contribution in [3.8, 4) is 11.4 Å². The van der Waals surface area contributed by atoms with E-state index in [4.69, 9.17) is 9.72 Å². The van der Waals surface area contributed by atoms with Crippen molar-refractivity contribution < 1.29 is 19.4 Å². The third-order valence-electron chi connectivity index (χ3n) is 6.52. The molecule has 10 heteroatoms. The molecule has 1 saturated heterocycles.